The second kappa shape index (κ2) is 8.97. The van der Waals surface area contributed by atoms with Crippen molar-refractivity contribution < 1.29 is 19.1 Å². The third kappa shape index (κ3) is 4.60. The molecule has 1 saturated heterocycles. The van der Waals surface area contributed by atoms with E-state index >= 15 is 0 Å². The molecule has 0 spiro atoms. The molecule has 1 aliphatic rings. The number of anilines is 1. The van der Waals surface area contributed by atoms with Gasteiger partial charge in [0, 0.05) is 23.5 Å². The van der Waals surface area contributed by atoms with Crippen molar-refractivity contribution in [3.8, 4) is 11.5 Å². The van der Waals surface area contributed by atoms with Gasteiger partial charge >= 0.3 is 5.97 Å². The number of benzene rings is 2. The summed E-state index contributed by atoms with van der Waals surface area (Å²) >= 11 is 5.90. The van der Waals surface area contributed by atoms with E-state index in [2.05, 4.69) is 4.98 Å². The molecule has 1 unspecified atom stereocenters. The van der Waals surface area contributed by atoms with Gasteiger partial charge in [0.15, 0.2) is 0 Å². The van der Waals surface area contributed by atoms with Crippen molar-refractivity contribution in [2.24, 2.45) is 5.92 Å². The number of ether oxygens (including phenoxy) is 2. The molecule has 0 saturated carbocycles. The van der Waals surface area contributed by atoms with Gasteiger partial charge in [-0.1, -0.05) is 23.7 Å². The molecule has 1 aromatic heterocycles. The highest BCUT2D eigenvalue weighted by atomic mass is 35.5. The number of nitrogens with zero attached hydrogens (tertiary/aromatic N) is 2. The molecule has 1 fully saturated rings. The van der Waals surface area contributed by atoms with Crippen molar-refractivity contribution in [3.05, 3.63) is 83.6 Å². The number of esters is 1. The second-order valence-electron chi connectivity index (χ2n) is 6.85. The van der Waals surface area contributed by atoms with Crippen molar-refractivity contribution in [1.82, 2.24) is 4.98 Å². The van der Waals surface area contributed by atoms with Crippen molar-refractivity contribution in [1.29, 1.82) is 0 Å². The molecular formula is C23H19ClN2O4. The molecule has 3 aromatic rings. The van der Waals surface area contributed by atoms with E-state index in [-0.39, 0.29) is 12.5 Å². The quantitative estimate of drug-likeness (QED) is 0.428. The van der Waals surface area contributed by atoms with Crippen LogP contribution in [0.15, 0.2) is 73.1 Å². The Labute approximate surface area is 179 Å². The molecule has 0 N–H and O–H groups in total. The fourth-order valence-electron chi connectivity index (χ4n) is 3.23. The van der Waals surface area contributed by atoms with Crippen molar-refractivity contribution >= 4 is 29.2 Å². The average Bonchev–Trinajstić information content (AvgIpc) is 3.16. The third-order valence-electron chi connectivity index (χ3n) is 4.80. The molecule has 6 nitrogen and oxygen atoms in total. The molecule has 0 aliphatic carbocycles. The van der Waals surface area contributed by atoms with Gasteiger partial charge in [-0.15, -0.1) is 0 Å². The zero-order chi connectivity index (χ0) is 20.9. The van der Waals surface area contributed by atoms with Gasteiger partial charge in [0.2, 0.25) is 5.91 Å². The summed E-state index contributed by atoms with van der Waals surface area (Å²) in [6.07, 6.45) is 3.73. The summed E-state index contributed by atoms with van der Waals surface area (Å²) in [6.45, 7) is 0.567. The maximum absolute atomic E-state index is 12.6. The van der Waals surface area contributed by atoms with E-state index in [0.717, 1.165) is 11.3 Å². The number of carbonyl (C=O) groups is 2. The van der Waals surface area contributed by atoms with E-state index in [1.807, 2.05) is 18.2 Å². The van der Waals surface area contributed by atoms with Gasteiger partial charge in [-0.05, 0) is 60.5 Å². The smallest absolute Gasteiger partial charge is 0.318 e. The fourth-order valence-corrected chi connectivity index (χ4v) is 3.35. The van der Waals surface area contributed by atoms with Gasteiger partial charge < -0.3 is 14.4 Å². The molecule has 2 heterocycles. The molecule has 0 radical (unpaired) electrons. The van der Waals surface area contributed by atoms with Crippen LogP contribution in [0, 0.1) is 5.92 Å². The van der Waals surface area contributed by atoms with Gasteiger partial charge in [-0.25, -0.2) is 0 Å². The standard InChI is InChI=1S/C23H19ClN2O4/c24-17-5-7-18(8-6-17)26-13-11-21(22(26)27)23(28)29-15-16-3-9-19(10-4-16)30-20-2-1-12-25-14-20/h1-10,12,14,21H,11,13,15H2. The van der Waals surface area contributed by atoms with E-state index in [1.54, 1.807) is 59.8 Å². The Balaban J connectivity index is 1.31. The minimum atomic E-state index is -0.783. The Hall–Kier alpha value is -3.38. The minimum absolute atomic E-state index is 0.0940. The number of rotatable bonds is 6. The fraction of sp³-hybridized carbons (Fsp3) is 0.174. The van der Waals surface area contributed by atoms with Gasteiger partial charge in [0.25, 0.3) is 0 Å². The van der Waals surface area contributed by atoms with Crippen molar-refractivity contribution in [3.63, 3.8) is 0 Å². The summed E-state index contributed by atoms with van der Waals surface area (Å²) in [7, 11) is 0. The summed E-state index contributed by atoms with van der Waals surface area (Å²) in [5, 5.41) is 0.596. The Bertz CT molecular complexity index is 1020. The Kier molecular flexibility index (Phi) is 5.95. The third-order valence-corrected chi connectivity index (χ3v) is 5.05. The second-order valence-corrected chi connectivity index (χ2v) is 7.29. The first-order chi connectivity index (χ1) is 14.6. The molecule has 0 bridgehead atoms. The summed E-state index contributed by atoms with van der Waals surface area (Å²) in [6, 6.07) is 17.8. The van der Waals surface area contributed by atoms with E-state index in [4.69, 9.17) is 21.1 Å². The van der Waals surface area contributed by atoms with Crippen LogP contribution >= 0.6 is 11.6 Å². The lowest BCUT2D eigenvalue weighted by atomic mass is 10.1. The highest BCUT2D eigenvalue weighted by Crippen LogP contribution is 2.27. The van der Waals surface area contributed by atoms with Gasteiger partial charge in [-0.3, -0.25) is 14.6 Å². The predicted molar refractivity (Wildman–Crippen MR) is 112 cm³/mol. The Morgan fingerprint density at radius 1 is 1.07 bits per heavy atom. The number of amides is 1. The van der Waals surface area contributed by atoms with Gasteiger partial charge in [0.1, 0.15) is 24.0 Å². The summed E-state index contributed by atoms with van der Waals surface area (Å²) in [4.78, 5) is 30.7. The van der Waals surface area contributed by atoms with E-state index in [9.17, 15) is 9.59 Å². The number of pyridine rings is 1. The van der Waals surface area contributed by atoms with Gasteiger partial charge in [-0.2, -0.15) is 0 Å². The first-order valence-corrected chi connectivity index (χ1v) is 9.88. The molecule has 1 aliphatic heterocycles. The van der Waals surface area contributed by atoms with Crippen LogP contribution in [0.2, 0.25) is 5.02 Å². The summed E-state index contributed by atoms with van der Waals surface area (Å²) in [5.41, 5.74) is 1.53. The lowest BCUT2D eigenvalue weighted by Gasteiger charge is -2.16. The van der Waals surface area contributed by atoms with Crippen LogP contribution in [0.5, 0.6) is 11.5 Å². The molecule has 152 valence electrons. The molecular weight excluding hydrogens is 404 g/mol. The summed E-state index contributed by atoms with van der Waals surface area (Å²) in [5.74, 6) is -0.243. The van der Waals surface area contributed by atoms with Crippen LogP contribution < -0.4 is 9.64 Å². The summed E-state index contributed by atoms with van der Waals surface area (Å²) < 4.78 is 11.1. The van der Waals surface area contributed by atoms with Crippen LogP contribution in [-0.4, -0.2) is 23.4 Å². The number of carbonyl (C=O) groups excluding carboxylic acids is 2. The van der Waals surface area contributed by atoms with Crippen LogP contribution in [0.25, 0.3) is 0 Å². The highest BCUT2D eigenvalue weighted by molar-refractivity contribution is 6.30. The van der Waals surface area contributed by atoms with E-state index in [0.29, 0.717) is 29.5 Å². The van der Waals surface area contributed by atoms with Crippen molar-refractivity contribution in [2.75, 3.05) is 11.4 Å². The van der Waals surface area contributed by atoms with Crippen LogP contribution in [-0.2, 0) is 20.9 Å². The number of halogens is 1. The van der Waals surface area contributed by atoms with Crippen LogP contribution in [0.3, 0.4) is 0 Å². The number of hydrogen-bond acceptors (Lipinski definition) is 5. The SMILES string of the molecule is O=C(OCc1ccc(Oc2cccnc2)cc1)C1CCN(c2ccc(Cl)cc2)C1=O. The molecule has 7 heteroatoms. The lowest BCUT2D eigenvalue weighted by molar-refractivity contribution is -0.152. The molecule has 1 atom stereocenters. The molecule has 1 amide bonds. The average molecular weight is 423 g/mol. The number of aromatic nitrogens is 1. The topological polar surface area (TPSA) is 68.7 Å². The number of hydrogen-bond donors (Lipinski definition) is 0. The molecule has 4 rings (SSSR count). The largest absolute Gasteiger partial charge is 0.460 e. The monoisotopic (exact) mass is 422 g/mol. The zero-order valence-corrected chi connectivity index (χ0v) is 16.8. The molecule has 2 aromatic carbocycles. The maximum atomic E-state index is 12.6. The maximum Gasteiger partial charge on any atom is 0.318 e. The van der Waals surface area contributed by atoms with Gasteiger partial charge in [0.05, 0.1) is 6.20 Å². The zero-order valence-electron chi connectivity index (χ0n) is 16.0. The minimum Gasteiger partial charge on any atom is -0.460 e. The first-order valence-electron chi connectivity index (χ1n) is 9.50. The van der Waals surface area contributed by atoms with Crippen molar-refractivity contribution in [2.45, 2.75) is 13.0 Å². The van der Waals surface area contributed by atoms with Crippen LogP contribution in [0.1, 0.15) is 12.0 Å². The highest BCUT2D eigenvalue weighted by Gasteiger charge is 2.38. The molecule has 30 heavy (non-hydrogen) atoms. The Morgan fingerprint density at radius 2 is 1.83 bits per heavy atom. The first kappa shape index (κ1) is 19.9. The lowest BCUT2D eigenvalue weighted by Crippen LogP contribution is -2.31. The Morgan fingerprint density at radius 3 is 2.53 bits per heavy atom. The predicted octanol–water partition coefficient (Wildman–Crippen LogP) is 4.62. The van der Waals surface area contributed by atoms with E-state index in [1.165, 1.54) is 0 Å². The van der Waals surface area contributed by atoms with E-state index < -0.39 is 11.9 Å². The normalized spacial score (nSPS) is 15.8. The van der Waals surface area contributed by atoms with Crippen LogP contribution in [0.4, 0.5) is 5.69 Å².